The zero-order chi connectivity index (χ0) is 26.0. The Morgan fingerprint density at radius 2 is 1.81 bits per heavy atom. The number of carbonyl (C=O) groups excluding carboxylic acids is 3. The minimum Gasteiger partial charge on any atom is -0.507 e. The summed E-state index contributed by atoms with van der Waals surface area (Å²) < 4.78 is 15.8. The largest absolute Gasteiger partial charge is 0.507 e. The van der Waals surface area contributed by atoms with E-state index < -0.39 is 23.7 Å². The first-order valence-electron chi connectivity index (χ1n) is 11.0. The molecule has 1 aromatic heterocycles. The predicted molar refractivity (Wildman–Crippen MR) is 134 cm³/mol. The van der Waals surface area contributed by atoms with E-state index in [2.05, 4.69) is 4.98 Å². The van der Waals surface area contributed by atoms with Gasteiger partial charge in [-0.1, -0.05) is 29.5 Å². The minimum absolute atomic E-state index is 0.122. The van der Waals surface area contributed by atoms with Crippen molar-refractivity contribution in [1.29, 1.82) is 0 Å². The highest BCUT2D eigenvalue weighted by atomic mass is 32.1. The van der Waals surface area contributed by atoms with Crippen molar-refractivity contribution < 1.29 is 33.7 Å². The molecule has 1 aliphatic rings. The van der Waals surface area contributed by atoms with Crippen molar-refractivity contribution >= 4 is 39.9 Å². The van der Waals surface area contributed by atoms with E-state index in [1.54, 1.807) is 55.5 Å². The molecule has 1 amide bonds. The lowest BCUT2D eigenvalue weighted by atomic mass is 9.94. The summed E-state index contributed by atoms with van der Waals surface area (Å²) in [6.45, 7) is 3.94. The highest BCUT2D eigenvalue weighted by Gasteiger charge is 2.49. The summed E-state index contributed by atoms with van der Waals surface area (Å²) >= 11 is 0.930. The lowest BCUT2D eigenvalue weighted by molar-refractivity contribution is -0.132. The molecule has 1 fully saturated rings. The smallest absolute Gasteiger partial charge is 0.350 e. The Balaban J connectivity index is 1.93. The van der Waals surface area contributed by atoms with Gasteiger partial charge in [0.25, 0.3) is 5.78 Å². The number of esters is 1. The molecule has 0 saturated carbocycles. The van der Waals surface area contributed by atoms with Gasteiger partial charge in [0.05, 0.1) is 32.1 Å². The molecule has 0 bridgehead atoms. The van der Waals surface area contributed by atoms with Crippen LogP contribution in [0.2, 0.25) is 0 Å². The highest BCUT2D eigenvalue weighted by molar-refractivity contribution is 7.17. The molecule has 1 aliphatic heterocycles. The number of nitrogens with zero attached hydrogens (tertiary/aromatic N) is 2. The van der Waals surface area contributed by atoms with Crippen LogP contribution in [-0.4, -0.2) is 48.6 Å². The Morgan fingerprint density at radius 3 is 2.44 bits per heavy atom. The normalized spacial score (nSPS) is 16.8. The molecule has 1 atom stereocenters. The number of anilines is 1. The second kappa shape index (κ2) is 10.2. The van der Waals surface area contributed by atoms with Gasteiger partial charge in [0.1, 0.15) is 28.2 Å². The van der Waals surface area contributed by atoms with Gasteiger partial charge in [-0.2, -0.15) is 0 Å². The van der Waals surface area contributed by atoms with Crippen LogP contribution in [0.4, 0.5) is 5.13 Å². The van der Waals surface area contributed by atoms with Crippen LogP contribution in [0.5, 0.6) is 11.5 Å². The van der Waals surface area contributed by atoms with Crippen molar-refractivity contribution in [3.8, 4) is 11.5 Å². The van der Waals surface area contributed by atoms with Gasteiger partial charge in [-0.3, -0.25) is 14.5 Å². The van der Waals surface area contributed by atoms with Crippen LogP contribution in [0.15, 0.2) is 54.1 Å². The Morgan fingerprint density at radius 1 is 1.11 bits per heavy atom. The number of thiazole rings is 1. The number of aliphatic hydroxyl groups is 1. The molecule has 2 heterocycles. The van der Waals surface area contributed by atoms with Gasteiger partial charge < -0.3 is 19.3 Å². The Bertz CT molecular complexity index is 1360. The number of para-hydroxylation sites is 1. The van der Waals surface area contributed by atoms with Crippen LogP contribution >= 0.6 is 11.3 Å². The predicted octanol–water partition coefficient (Wildman–Crippen LogP) is 4.27. The maximum Gasteiger partial charge on any atom is 0.350 e. The van der Waals surface area contributed by atoms with E-state index in [0.717, 1.165) is 11.3 Å². The number of aliphatic hydroxyl groups excluding tert-OH is 1. The zero-order valence-electron chi connectivity index (χ0n) is 20.1. The third-order valence-electron chi connectivity index (χ3n) is 5.68. The topological polar surface area (TPSA) is 115 Å². The highest BCUT2D eigenvalue weighted by Crippen LogP contribution is 2.46. The van der Waals surface area contributed by atoms with Crippen LogP contribution in [-0.2, 0) is 14.3 Å². The molecular weight excluding hydrogens is 484 g/mol. The number of aryl methyl sites for hydroxylation is 1. The van der Waals surface area contributed by atoms with Crippen molar-refractivity contribution in [2.24, 2.45) is 0 Å². The number of hydrogen-bond donors (Lipinski definition) is 1. The molecule has 3 aromatic rings. The van der Waals surface area contributed by atoms with Crippen molar-refractivity contribution in [2.45, 2.75) is 19.9 Å². The number of rotatable bonds is 7. The van der Waals surface area contributed by atoms with Crippen LogP contribution in [0, 0.1) is 6.92 Å². The van der Waals surface area contributed by atoms with Crippen LogP contribution < -0.4 is 14.4 Å². The molecule has 0 spiro atoms. The van der Waals surface area contributed by atoms with Crippen LogP contribution in [0.1, 0.15) is 39.5 Å². The Labute approximate surface area is 211 Å². The molecule has 2 aromatic carbocycles. The van der Waals surface area contributed by atoms with E-state index in [1.165, 1.54) is 19.1 Å². The number of ketones is 1. The van der Waals surface area contributed by atoms with E-state index in [9.17, 15) is 19.5 Å². The van der Waals surface area contributed by atoms with Gasteiger partial charge >= 0.3 is 11.9 Å². The molecular formula is C26H24N2O7S. The fourth-order valence-corrected chi connectivity index (χ4v) is 5.03. The SMILES string of the molecule is CCOc1ccc(/C(O)=C2\C(=O)C(=O)N(c3nc(C)c(C(=O)OC)s3)[C@H]2c2ccccc2OC)cc1. The van der Waals surface area contributed by atoms with Crippen molar-refractivity contribution in [1.82, 2.24) is 4.98 Å². The maximum absolute atomic E-state index is 13.4. The molecule has 36 heavy (non-hydrogen) atoms. The molecule has 1 N–H and O–H groups in total. The van der Waals surface area contributed by atoms with Crippen molar-refractivity contribution in [3.63, 3.8) is 0 Å². The fraction of sp³-hybridized carbons (Fsp3) is 0.231. The first-order chi connectivity index (χ1) is 17.3. The lowest BCUT2D eigenvalue weighted by Gasteiger charge is -2.24. The monoisotopic (exact) mass is 508 g/mol. The summed E-state index contributed by atoms with van der Waals surface area (Å²) in [4.78, 5) is 44.7. The molecule has 9 nitrogen and oxygen atoms in total. The van der Waals surface area contributed by atoms with Gasteiger partial charge in [-0.15, -0.1) is 0 Å². The van der Waals surface area contributed by atoms with Crippen LogP contribution in [0.3, 0.4) is 0 Å². The molecule has 0 radical (unpaired) electrons. The van der Waals surface area contributed by atoms with E-state index in [4.69, 9.17) is 14.2 Å². The second-order valence-electron chi connectivity index (χ2n) is 7.77. The van der Waals surface area contributed by atoms with Crippen LogP contribution in [0.25, 0.3) is 5.76 Å². The van der Waals surface area contributed by atoms with E-state index in [-0.39, 0.29) is 21.3 Å². The number of Topliss-reactive ketones (excluding diaryl/α,β-unsaturated/α-hetero) is 1. The third-order valence-corrected chi connectivity index (χ3v) is 6.82. The summed E-state index contributed by atoms with van der Waals surface area (Å²) in [6, 6.07) is 12.4. The van der Waals surface area contributed by atoms with E-state index >= 15 is 0 Å². The third kappa shape index (κ3) is 4.31. The molecule has 0 aliphatic carbocycles. The number of carbonyl (C=O) groups is 3. The molecule has 4 rings (SSSR count). The number of aromatic nitrogens is 1. The van der Waals surface area contributed by atoms with E-state index in [1.807, 2.05) is 6.92 Å². The number of amides is 1. The van der Waals surface area contributed by atoms with Crippen molar-refractivity contribution in [3.05, 3.63) is 75.8 Å². The zero-order valence-corrected chi connectivity index (χ0v) is 20.9. The van der Waals surface area contributed by atoms with Gasteiger partial charge in [0, 0.05) is 11.1 Å². The number of methoxy groups -OCH3 is 2. The van der Waals surface area contributed by atoms with Gasteiger partial charge in [-0.25, -0.2) is 9.78 Å². The molecule has 10 heteroatoms. The maximum atomic E-state index is 13.4. The second-order valence-corrected chi connectivity index (χ2v) is 8.75. The molecule has 186 valence electrons. The lowest BCUT2D eigenvalue weighted by Crippen LogP contribution is -2.29. The van der Waals surface area contributed by atoms with E-state index in [0.29, 0.717) is 34.9 Å². The quantitative estimate of drug-likeness (QED) is 0.218. The van der Waals surface area contributed by atoms with Gasteiger partial charge in [0.2, 0.25) is 0 Å². The number of benzene rings is 2. The summed E-state index contributed by atoms with van der Waals surface area (Å²) in [5.41, 5.74) is 1.04. The van der Waals surface area contributed by atoms with Gasteiger partial charge in [0.15, 0.2) is 5.13 Å². The standard InChI is InChI=1S/C26H24N2O7S/c1-5-35-16-12-10-15(11-13-16)21(29)19-20(17-8-6-7-9-18(17)33-3)28(24(31)22(19)30)26-27-14(2)23(36-26)25(32)34-4/h6-13,20,29H,5H2,1-4H3/b21-19+/t20-/m0/s1. The fourth-order valence-electron chi connectivity index (χ4n) is 4.01. The summed E-state index contributed by atoms with van der Waals surface area (Å²) in [5, 5.41) is 11.4. The minimum atomic E-state index is -1.05. The molecule has 1 saturated heterocycles. The van der Waals surface area contributed by atoms with Crippen molar-refractivity contribution in [2.75, 3.05) is 25.7 Å². The summed E-state index contributed by atoms with van der Waals surface area (Å²) in [7, 11) is 2.72. The number of ether oxygens (including phenoxy) is 3. The first kappa shape index (κ1) is 24.9. The first-order valence-corrected chi connectivity index (χ1v) is 11.9. The average Bonchev–Trinajstić information content (AvgIpc) is 3.40. The Hall–Kier alpha value is -4.18. The van der Waals surface area contributed by atoms with Gasteiger partial charge in [-0.05, 0) is 44.2 Å². The molecule has 0 unspecified atom stereocenters. The summed E-state index contributed by atoms with van der Waals surface area (Å²) in [6.07, 6.45) is 0. The average molecular weight is 509 g/mol. The number of hydrogen-bond acceptors (Lipinski definition) is 9. The Kier molecular flexibility index (Phi) is 7.07. The summed E-state index contributed by atoms with van der Waals surface area (Å²) in [5.74, 6) is -1.71.